The maximum absolute atomic E-state index is 5.53. The molecular formula is C13H24N4O. The third-order valence-electron chi connectivity index (χ3n) is 3.85. The van der Waals surface area contributed by atoms with Crippen molar-refractivity contribution in [1.82, 2.24) is 10.2 Å². The van der Waals surface area contributed by atoms with Crippen molar-refractivity contribution in [2.75, 3.05) is 18.0 Å². The maximum atomic E-state index is 5.53. The summed E-state index contributed by atoms with van der Waals surface area (Å²) in [4.78, 5) is 2.19. The Balaban J connectivity index is 2.00. The highest BCUT2D eigenvalue weighted by molar-refractivity contribution is 5.24. The maximum Gasteiger partial charge on any atom is 0.318 e. The molecule has 1 aliphatic rings. The predicted octanol–water partition coefficient (Wildman–Crippen LogP) is 2.18. The van der Waals surface area contributed by atoms with E-state index in [9.17, 15) is 0 Å². The molecule has 1 aromatic rings. The standard InChI is InChI=1S/C13H24N4O/c1-13(2,3)10-5-4-7-17(8-6-10)12-16-15-11(9-14)18-12/h10H,4-9,14H2,1-3H3. The zero-order valence-electron chi connectivity index (χ0n) is 11.6. The second kappa shape index (κ2) is 5.26. The van der Waals surface area contributed by atoms with Gasteiger partial charge in [-0.15, -0.1) is 5.10 Å². The van der Waals surface area contributed by atoms with E-state index >= 15 is 0 Å². The lowest BCUT2D eigenvalue weighted by molar-refractivity contribution is 0.220. The van der Waals surface area contributed by atoms with Gasteiger partial charge >= 0.3 is 6.01 Å². The van der Waals surface area contributed by atoms with E-state index in [0.717, 1.165) is 19.0 Å². The minimum atomic E-state index is 0.311. The van der Waals surface area contributed by atoms with E-state index in [2.05, 4.69) is 35.9 Å². The smallest absolute Gasteiger partial charge is 0.318 e. The van der Waals surface area contributed by atoms with Crippen molar-refractivity contribution in [3.8, 4) is 0 Å². The topological polar surface area (TPSA) is 68.2 Å². The van der Waals surface area contributed by atoms with Crippen LogP contribution in [0.1, 0.15) is 45.9 Å². The normalized spacial score (nSPS) is 22.0. The Morgan fingerprint density at radius 1 is 1.28 bits per heavy atom. The summed E-state index contributed by atoms with van der Waals surface area (Å²) in [5.41, 5.74) is 5.87. The molecule has 102 valence electrons. The third-order valence-corrected chi connectivity index (χ3v) is 3.85. The second-order valence-electron chi connectivity index (χ2n) is 6.16. The van der Waals surface area contributed by atoms with Crippen LogP contribution in [-0.2, 0) is 6.54 Å². The first kappa shape index (κ1) is 13.3. The van der Waals surface area contributed by atoms with Crippen molar-refractivity contribution in [3.05, 3.63) is 5.89 Å². The summed E-state index contributed by atoms with van der Waals surface area (Å²) < 4.78 is 5.53. The van der Waals surface area contributed by atoms with Crippen LogP contribution in [0.3, 0.4) is 0 Å². The molecule has 18 heavy (non-hydrogen) atoms. The Morgan fingerprint density at radius 3 is 2.67 bits per heavy atom. The number of nitrogens with zero attached hydrogens (tertiary/aromatic N) is 3. The van der Waals surface area contributed by atoms with Gasteiger partial charge < -0.3 is 15.1 Å². The molecule has 0 spiro atoms. The number of nitrogens with two attached hydrogens (primary N) is 1. The molecule has 5 heteroatoms. The van der Waals surface area contributed by atoms with Crippen LogP contribution in [0.15, 0.2) is 4.42 Å². The highest BCUT2D eigenvalue weighted by Crippen LogP contribution is 2.34. The van der Waals surface area contributed by atoms with Crippen molar-refractivity contribution in [2.45, 2.75) is 46.6 Å². The Hall–Kier alpha value is -1.10. The van der Waals surface area contributed by atoms with Gasteiger partial charge in [0.1, 0.15) is 0 Å². The Morgan fingerprint density at radius 2 is 2.06 bits per heavy atom. The fourth-order valence-corrected chi connectivity index (χ4v) is 2.61. The minimum Gasteiger partial charge on any atom is -0.407 e. The van der Waals surface area contributed by atoms with Crippen molar-refractivity contribution < 1.29 is 4.42 Å². The molecule has 1 saturated heterocycles. The molecule has 1 aromatic heterocycles. The molecule has 1 atom stereocenters. The molecule has 0 radical (unpaired) electrons. The van der Waals surface area contributed by atoms with Crippen LogP contribution in [0.5, 0.6) is 0 Å². The van der Waals surface area contributed by atoms with E-state index in [1.54, 1.807) is 0 Å². The summed E-state index contributed by atoms with van der Waals surface area (Å²) in [6.07, 6.45) is 3.64. The van der Waals surface area contributed by atoms with Gasteiger partial charge in [0, 0.05) is 13.1 Å². The van der Waals surface area contributed by atoms with Gasteiger partial charge in [-0.25, -0.2) is 0 Å². The van der Waals surface area contributed by atoms with Gasteiger partial charge in [-0.05, 0) is 30.6 Å². The van der Waals surface area contributed by atoms with Crippen LogP contribution in [-0.4, -0.2) is 23.3 Å². The zero-order valence-corrected chi connectivity index (χ0v) is 11.6. The van der Waals surface area contributed by atoms with E-state index in [1.807, 2.05) is 0 Å². The number of hydrogen-bond donors (Lipinski definition) is 1. The highest BCUT2D eigenvalue weighted by Gasteiger charge is 2.28. The summed E-state index contributed by atoms with van der Waals surface area (Å²) in [6, 6.07) is 0.630. The Kier molecular flexibility index (Phi) is 3.90. The van der Waals surface area contributed by atoms with Gasteiger partial charge in [-0.2, -0.15) is 0 Å². The quantitative estimate of drug-likeness (QED) is 0.873. The molecule has 2 heterocycles. The van der Waals surface area contributed by atoms with Crippen LogP contribution in [0, 0.1) is 11.3 Å². The van der Waals surface area contributed by atoms with E-state index in [1.165, 1.54) is 19.3 Å². The predicted molar refractivity (Wildman–Crippen MR) is 71.2 cm³/mol. The monoisotopic (exact) mass is 252 g/mol. The first-order valence-electron chi connectivity index (χ1n) is 6.78. The van der Waals surface area contributed by atoms with Gasteiger partial charge in [0.05, 0.1) is 6.54 Å². The number of hydrogen-bond acceptors (Lipinski definition) is 5. The van der Waals surface area contributed by atoms with Crippen molar-refractivity contribution in [2.24, 2.45) is 17.1 Å². The molecule has 0 saturated carbocycles. The third kappa shape index (κ3) is 3.02. The molecule has 1 fully saturated rings. The molecular weight excluding hydrogens is 228 g/mol. The van der Waals surface area contributed by atoms with Crippen LogP contribution >= 0.6 is 0 Å². The molecule has 1 aliphatic heterocycles. The van der Waals surface area contributed by atoms with Crippen molar-refractivity contribution in [1.29, 1.82) is 0 Å². The van der Waals surface area contributed by atoms with E-state index in [4.69, 9.17) is 10.2 Å². The Bertz CT molecular complexity index is 383. The van der Waals surface area contributed by atoms with Gasteiger partial charge in [0.15, 0.2) is 0 Å². The lowest BCUT2D eigenvalue weighted by atomic mass is 9.77. The molecule has 5 nitrogen and oxygen atoms in total. The lowest BCUT2D eigenvalue weighted by Crippen LogP contribution is -2.26. The van der Waals surface area contributed by atoms with E-state index in [-0.39, 0.29) is 0 Å². The molecule has 0 aromatic carbocycles. The first-order chi connectivity index (χ1) is 8.50. The minimum absolute atomic E-state index is 0.311. The molecule has 1 unspecified atom stereocenters. The summed E-state index contributed by atoms with van der Waals surface area (Å²) in [5.74, 6) is 1.28. The fraction of sp³-hybridized carbons (Fsp3) is 0.846. The van der Waals surface area contributed by atoms with Gasteiger partial charge in [0.25, 0.3) is 0 Å². The van der Waals surface area contributed by atoms with Crippen molar-refractivity contribution in [3.63, 3.8) is 0 Å². The average molecular weight is 252 g/mol. The van der Waals surface area contributed by atoms with Crippen molar-refractivity contribution >= 4 is 6.01 Å². The molecule has 2 rings (SSSR count). The van der Waals surface area contributed by atoms with E-state index in [0.29, 0.717) is 23.9 Å². The van der Waals surface area contributed by atoms with Crippen LogP contribution < -0.4 is 10.6 Å². The molecule has 0 bridgehead atoms. The number of rotatable bonds is 2. The summed E-state index contributed by atoms with van der Waals surface area (Å²) in [7, 11) is 0. The van der Waals surface area contributed by atoms with E-state index < -0.39 is 0 Å². The summed E-state index contributed by atoms with van der Waals surface area (Å²) in [5, 5.41) is 7.99. The zero-order chi connectivity index (χ0) is 13.2. The average Bonchev–Trinajstić information content (AvgIpc) is 2.64. The Labute approximate surface area is 109 Å². The van der Waals surface area contributed by atoms with Gasteiger partial charge in [0.2, 0.25) is 5.89 Å². The SMILES string of the molecule is CC(C)(C)C1CCCN(c2nnc(CN)o2)CC1. The number of anilines is 1. The van der Waals surface area contributed by atoms with Crippen LogP contribution in [0.25, 0.3) is 0 Å². The first-order valence-corrected chi connectivity index (χ1v) is 6.78. The largest absolute Gasteiger partial charge is 0.407 e. The summed E-state index contributed by atoms with van der Waals surface area (Å²) >= 11 is 0. The van der Waals surface area contributed by atoms with Crippen LogP contribution in [0.4, 0.5) is 6.01 Å². The lowest BCUT2D eigenvalue weighted by Gasteiger charge is -2.29. The number of aromatic nitrogens is 2. The summed E-state index contributed by atoms with van der Waals surface area (Å²) in [6.45, 7) is 9.28. The van der Waals surface area contributed by atoms with Crippen LogP contribution in [0.2, 0.25) is 0 Å². The molecule has 0 aliphatic carbocycles. The second-order valence-corrected chi connectivity index (χ2v) is 6.16. The highest BCUT2D eigenvalue weighted by atomic mass is 16.4. The fourth-order valence-electron chi connectivity index (χ4n) is 2.61. The molecule has 0 amide bonds. The van der Waals surface area contributed by atoms with Gasteiger partial charge in [-0.1, -0.05) is 25.9 Å². The molecule has 2 N–H and O–H groups in total. The van der Waals surface area contributed by atoms with Gasteiger partial charge in [-0.3, -0.25) is 0 Å².